The fourth-order valence-electron chi connectivity index (χ4n) is 1.62. The average molecular weight is 213 g/mol. The van der Waals surface area contributed by atoms with E-state index in [2.05, 4.69) is 14.5 Å². The van der Waals surface area contributed by atoms with Crippen LogP contribution in [0.15, 0.2) is 0 Å². The Morgan fingerprint density at radius 2 is 2.21 bits per heavy atom. The van der Waals surface area contributed by atoms with Crippen LogP contribution in [0, 0.1) is 0 Å². The van der Waals surface area contributed by atoms with Crippen molar-refractivity contribution in [3.63, 3.8) is 0 Å². The molecular formula is C8H11N3O2S. The molecule has 0 unspecified atom stereocenters. The second-order valence-corrected chi connectivity index (χ2v) is 4.17. The number of carboxylic acid groups (broad SMARTS) is 1. The molecule has 1 aromatic rings. The Bertz CT molecular complexity index is 333. The molecule has 1 aliphatic heterocycles. The molecule has 0 atom stereocenters. The zero-order valence-corrected chi connectivity index (χ0v) is 8.46. The minimum atomic E-state index is -0.979. The first-order chi connectivity index (χ1) is 6.77. The monoisotopic (exact) mass is 213 g/mol. The van der Waals surface area contributed by atoms with Crippen molar-refractivity contribution in [2.45, 2.75) is 19.4 Å². The first-order valence-electron chi connectivity index (χ1n) is 4.54. The van der Waals surface area contributed by atoms with E-state index in [1.165, 1.54) is 24.4 Å². The van der Waals surface area contributed by atoms with Gasteiger partial charge in [0.05, 0.1) is 4.88 Å². The lowest BCUT2D eigenvalue weighted by molar-refractivity contribution is 0.0688. The standard InChI is InChI=1S/C8H11N3O2S/c12-8(13)7-6(14-10-9-7)5-11-3-1-2-4-11/h1-5H2,(H,12,13). The Labute approximate surface area is 85.5 Å². The van der Waals surface area contributed by atoms with Crippen LogP contribution in [-0.4, -0.2) is 38.7 Å². The van der Waals surface area contributed by atoms with Crippen molar-refractivity contribution in [2.24, 2.45) is 0 Å². The number of carboxylic acids is 1. The van der Waals surface area contributed by atoms with Crippen LogP contribution < -0.4 is 0 Å². The third-order valence-electron chi connectivity index (χ3n) is 2.32. The Balaban J connectivity index is 2.07. The molecule has 76 valence electrons. The van der Waals surface area contributed by atoms with Crippen molar-refractivity contribution in [1.82, 2.24) is 14.5 Å². The van der Waals surface area contributed by atoms with Gasteiger partial charge < -0.3 is 5.11 Å². The van der Waals surface area contributed by atoms with Gasteiger partial charge in [0.15, 0.2) is 5.69 Å². The lowest BCUT2D eigenvalue weighted by atomic mass is 10.3. The maximum atomic E-state index is 10.7. The summed E-state index contributed by atoms with van der Waals surface area (Å²) in [4.78, 5) is 13.7. The fraction of sp³-hybridized carbons (Fsp3) is 0.625. The van der Waals surface area contributed by atoms with Crippen molar-refractivity contribution in [3.05, 3.63) is 10.6 Å². The minimum absolute atomic E-state index is 0.113. The third-order valence-corrected chi connectivity index (χ3v) is 3.03. The number of hydrogen-bond acceptors (Lipinski definition) is 5. The van der Waals surface area contributed by atoms with E-state index in [4.69, 9.17) is 5.11 Å². The predicted molar refractivity (Wildman–Crippen MR) is 51.4 cm³/mol. The van der Waals surface area contributed by atoms with Gasteiger partial charge in [-0.15, -0.1) is 5.10 Å². The summed E-state index contributed by atoms with van der Waals surface area (Å²) in [5.41, 5.74) is 0.113. The molecule has 0 saturated carbocycles. The van der Waals surface area contributed by atoms with Crippen molar-refractivity contribution in [2.75, 3.05) is 13.1 Å². The molecule has 1 aromatic heterocycles. The second kappa shape index (κ2) is 4.02. The molecule has 0 amide bonds. The van der Waals surface area contributed by atoms with Gasteiger partial charge in [0.25, 0.3) is 0 Å². The van der Waals surface area contributed by atoms with Gasteiger partial charge in [0.1, 0.15) is 0 Å². The maximum Gasteiger partial charge on any atom is 0.357 e. The fourth-order valence-corrected chi connectivity index (χ4v) is 2.30. The molecule has 0 spiro atoms. The van der Waals surface area contributed by atoms with Crippen LogP contribution in [0.4, 0.5) is 0 Å². The van der Waals surface area contributed by atoms with Crippen molar-refractivity contribution in [3.8, 4) is 0 Å². The molecule has 2 heterocycles. The van der Waals surface area contributed by atoms with Crippen molar-refractivity contribution in [1.29, 1.82) is 0 Å². The number of nitrogens with zero attached hydrogens (tertiary/aromatic N) is 3. The lowest BCUT2D eigenvalue weighted by Crippen LogP contribution is -2.19. The average Bonchev–Trinajstić information content (AvgIpc) is 2.75. The summed E-state index contributed by atoms with van der Waals surface area (Å²) in [6, 6.07) is 0. The van der Waals surface area contributed by atoms with E-state index in [0.29, 0.717) is 6.54 Å². The Morgan fingerprint density at radius 3 is 2.86 bits per heavy atom. The highest BCUT2D eigenvalue weighted by Crippen LogP contribution is 2.17. The smallest absolute Gasteiger partial charge is 0.357 e. The molecule has 1 fully saturated rings. The van der Waals surface area contributed by atoms with E-state index in [-0.39, 0.29) is 5.69 Å². The maximum absolute atomic E-state index is 10.7. The second-order valence-electron chi connectivity index (χ2n) is 3.33. The summed E-state index contributed by atoms with van der Waals surface area (Å²) in [7, 11) is 0. The van der Waals surface area contributed by atoms with Gasteiger partial charge in [-0.1, -0.05) is 4.49 Å². The number of carbonyl (C=O) groups is 1. The first kappa shape index (κ1) is 9.54. The zero-order chi connectivity index (χ0) is 9.97. The highest BCUT2D eigenvalue weighted by molar-refractivity contribution is 7.05. The van der Waals surface area contributed by atoms with Gasteiger partial charge in [-0.3, -0.25) is 4.90 Å². The third kappa shape index (κ3) is 1.91. The molecule has 1 saturated heterocycles. The normalized spacial score (nSPS) is 17.4. The summed E-state index contributed by atoms with van der Waals surface area (Å²) >= 11 is 1.18. The molecule has 0 radical (unpaired) electrons. The quantitative estimate of drug-likeness (QED) is 0.805. The SMILES string of the molecule is O=C(O)c1nnsc1CN1CCCC1. The summed E-state index contributed by atoms with van der Waals surface area (Å²) < 4.78 is 3.67. The van der Waals surface area contributed by atoms with Crippen LogP contribution in [-0.2, 0) is 6.54 Å². The largest absolute Gasteiger partial charge is 0.476 e. The Hall–Kier alpha value is -1.01. The highest BCUT2D eigenvalue weighted by atomic mass is 32.1. The van der Waals surface area contributed by atoms with Crippen molar-refractivity contribution >= 4 is 17.5 Å². The van der Waals surface area contributed by atoms with E-state index in [1.807, 2.05) is 0 Å². The molecule has 6 heteroatoms. The molecule has 14 heavy (non-hydrogen) atoms. The molecule has 1 aliphatic rings. The van der Waals surface area contributed by atoms with Crippen LogP contribution in [0.25, 0.3) is 0 Å². The molecule has 5 nitrogen and oxygen atoms in total. The number of likely N-dealkylation sites (tertiary alicyclic amines) is 1. The number of rotatable bonds is 3. The summed E-state index contributed by atoms with van der Waals surface area (Å²) in [5.74, 6) is -0.979. The zero-order valence-electron chi connectivity index (χ0n) is 7.64. The molecule has 1 N–H and O–H groups in total. The van der Waals surface area contributed by atoms with E-state index in [1.54, 1.807) is 0 Å². The van der Waals surface area contributed by atoms with Crippen LogP contribution in [0.1, 0.15) is 28.2 Å². The lowest BCUT2D eigenvalue weighted by Gasteiger charge is -2.12. The Morgan fingerprint density at radius 1 is 1.50 bits per heavy atom. The minimum Gasteiger partial charge on any atom is -0.476 e. The summed E-state index contributed by atoms with van der Waals surface area (Å²) in [6.45, 7) is 2.78. The molecule has 2 rings (SSSR count). The first-order valence-corrected chi connectivity index (χ1v) is 5.31. The Kier molecular flexibility index (Phi) is 2.74. The molecule has 0 aromatic carbocycles. The van der Waals surface area contributed by atoms with Gasteiger partial charge >= 0.3 is 5.97 Å². The van der Waals surface area contributed by atoms with E-state index in [0.717, 1.165) is 18.0 Å². The van der Waals surface area contributed by atoms with Crippen LogP contribution in [0.3, 0.4) is 0 Å². The number of aromatic carboxylic acids is 1. The molecular weight excluding hydrogens is 202 g/mol. The topological polar surface area (TPSA) is 66.3 Å². The van der Waals surface area contributed by atoms with Crippen LogP contribution in [0.5, 0.6) is 0 Å². The van der Waals surface area contributed by atoms with Gasteiger partial charge in [0.2, 0.25) is 0 Å². The van der Waals surface area contributed by atoms with Crippen molar-refractivity contribution < 1.29 is 9.90 Å². The highest BCUT2D eigenvalue weighted by Gasteiger charge is 2.19. The summed E-state index contributed by atoms with van der Waals surface area (Å²) in [5, 5.41) is 12.4. The van der Waals surface area contributed by atoms with Crippen LogP contribution >= 0.6 is 11.5 Å². The van der Waals surface area contributed by atoms with Gasteiger partial charge in [-0.25, -0.2) is 4.79 Å². The van der Waals surface area contributed by atoms with Crippen LogP contribution in [0.2, 0.25) is 0 Å². The van der Waals surface area contributed by atoms with Gasteiger partial charge in [-0.2, -0.15) is 0 Å². The molecule has 0 aliphatic carbocycles. The number of aromatic nitrogens is 2. The van der Waals surface area contributed by atoms with Gasteiger partial charge in [-0.05, 0) is 37.5 Å². The molecule has 0 bridgehead atoms. The van der Waals surface area contributed by atoms with E-state index < -0.39 is 5.97 Å². The van der Waals surface area contributed by atoms with E-state index in [9.17, 15) is 4.79 Å². The number of hydrogen-bond donors (Lipinski definition) is 1. The predicted octanol–water partition coefficient (Wildman–Crippen LogP) is 0.832. The van der Waals surface area contributed by atoms with Gasteiger partial charge in [0, 0.05) is 6.54 Å². The summed E-state index contributed by atoms with van der Waals surface area (Å²) in [6.07, 6.45) is 2.41. The van der Waals surface area contributed by atoms with E-state index >= 15 is 0 Å².